The first kappa shape index (κ1) is 17.8. The lowest BCUT2D eigenvalue weighted by molar-refractivity contribution is -0.123. The molecule has 0 spiro atoms. The number of ether oxygens (including phenoxy) is 1. The van der Waals surface area contributed by atoms with E-state index in [1.54, 1.807) is 0 Å². The van der Waals surface area contributed by atoms with Crippen molar-refractivity contribution in [1.29, 1.82) is 0 Å². The molecule has 1 saturated carbocycles. The lowest BCUT2D eigenvalue weighted by atomic mass is 9.87. The van der Waals surface area contributed by atoms with Crippen molar-refractivity contribution in [2.75, 3.05) is 13.2 Å². The van der Waals surface area contributed by atoms with Crippen LogP contribution in [0.4, 0.5) is 0 Å². The third-order valence-corrected chi connectivity index (χ3v) is 3.62. The number of hydrogen-bond acceptors (Lipinski definition) is 3. The van der Waals surface area contributed by atoms with Gasteiger partial charge in [-0.3, -0.25) is 4.79 Å². The zero-order valence-electron chi connectivity index (χ0n) is 12.9. The Hall–Kier alpha value is -1.26. The standard InChI is InChI=1S/C16H24N2O2.ClH/c1-15(2,3)12-4-6-13(7-5-12)20-11-10-18-14(19)16(17)8-9-16;/h4-7H,8-11,17H2,1-3H3,(H,18,19);1H. The largest absolute Gasteiger partial charge is 0.492 e. The smallest absolute Gasteiger partial charge is 0.240 e. The first-order valence-corrected chi connectivity index (χ1v) is 7.12. The molecule has 1 fully saturated rings. The van der Waals surface area contributed by atoms with Crippen LogP contribution in [0.5, 0.6) is 5.75 Å². The highest BCUT2D eigenvalue weighted by Gasteiger charge is 2.45. The van der Waals surface area contributed by atoms with Crippen LogP contribution in [-0.2, 0) is 10.2 Å². The molecule has 0 radical (unpaired) electrons. The highest BCUT2D eigenvalue weighted by Crippen LogP contribution is 2.31. The minimum Gasteiger partial charge on any atom is -0.492 e. The number of carbonyl (C=O) groups excluding carboxylic acids is 1. The number of rotatable bonds is 5. The molecule has 5 heteroatoms. The summed E-state index contributed by atoms with van der Waals surface area (Å²) < 4.78 is 5.60. The van der Waals surface area contributed by atoms with Gasteiger partial charge in [-0.1, -0.05) is 32.9 Å². The monoisotopic (exact) mass is 312 g/mol. The van der Waals surface area contributed by atoms with Gasteiger partial charge in [0.2, 0.25) is 5.91 Å². The van der Waals surface area contributed by atoms with Crippen LogP contribution in [0.15, 0.2) is 24.3 Å². The summed E-state index contributed by atoms with van der Waals surface area (Å²) in [5.74, 6) is 0.755. The number of carbonyl (C=O) groups is 1. The van der Waals surface area contributed by atoms with Gasteiger partial charge in [-0.25, -0.2) is 0 Å². The maximum atomic E-state index is 11.6. The molecular formula is C16H25ClN2O2. The lowest BCUT2D eigenvalue weighted by Crippen LogP contribution is -2.44. The van der Waals surface area contributed by atoms with Gasteiger partial charge in [0.25, 0.3) is 0 Å². The molecule has 3 N–H and O–H groups in total. The molecule has 0 unspecified atom stereocenters. The second-order valence-electron chi connectivity index (χ2n) is 6.53. The Morgan fingerprint density at radius 1 is 1.29 bits per heavy atom. The van der Waals surface area contributed by atoms with E-state index in [1.165, 1.54) is 5.56 Å². The highest BCUT2D eigenvalue weighted by molar-refractivity contribution is 5.88. The summed E-state index contributed by atoms with van der Waals surface area (Å²) in [6.45, 7) is 7.48. The van der Waals surface area contributed by atoms with Crippen molar-refractivity contribution < 1.29 is 9.53 Å². The number of nitrogens with one attached hydrogen (secondary N) is 1. The van der Waals surface area contributed by atoms with Gasteiger partial charge >= 0.3 is 0 Å². The molecule has 0 bridgehead atoms. The number of nitrogens with two attached hydrogens (primary N) is 1. The molecule has 2 rings (SSSR count). The predicted octanol–water partition coefficient (Wildman–Crippen LogP) is 2.39. The van der Waals surface area contributed by atoms with Crippen molar-refractivity contribution in [3.8, 4) is 5.75 Å². The highest BCUT2D eigenvalue weighted by atomic mass is 35.5. The molecule has 1 aromatic rings. The first-order chi connectivity index (χ1) is 9.31. The number of amides is 1. The van der Waals surface area contributed by atoms with Crippen molar-refractivity contribution in [3.63, 3.8) is 0 Å². The van der Waals surface area contributed by atoms with Gasteiger partial charge in [-0.15, -0.1) is 12.4 Å². The van der Waals surface area contributed by atoms with Gasteiger partial charge in [0.1, 0.15) is 12.4 Å². The molecule has 0 saturated heterocycles. The van der Waals surface area contributed by atoms with Crippen molar-refractivity contribution in [2.45, 2.75) is 44.6 Å². The van der Waals surface area contributed by atoms with Crippen molar-refractivity contribution in [1.82, 2.24) is 5.32 Å². The third-order valence-electron chi connectivity index (χ3n) is 3.62. The number of halogens is 1. The zero-order valence-corrected chi connectivity index (χ0v) is 13.8. The van der Waals surface area contributed by atoms with Crippen LogP contribution in [0, 0.1) is 0 Å². The van der Waals surface area contributed by atoms with Crippen LogP contribution in [-0.4, -0.2) is 24.6 Å². The maximum absolute atomic E-state index is 11.6. The first-order valence-electron chi connectivity index (χ1n) is 7.12. The van der Waals surface area contributed by atoms with Crippen LogP contribution >= 0.6 is 12.4 Å². The molecule has 0 atom stereocenters. The van der Waals surface area contributed by atoms with Crippen molar-refractivity contribution in [3.05, 3.63) is 29.8 Å². The summed E-state index contributed by atoms with van der Waals surface area (Å²) in [7, 11) is 0. The fourth-order valence-electron chi connectivity index (χ4n) is 1.92. The lowest BCUT2D eigenvalue weighted by Gasteiger charge is -2.19. The van der Waals surface area contributed by atoms with Gasteiger partial charge in [0.15, 0.2) is 0 Å². The average molecular weight is 313 g/mol. The normalized spacial score (nSPS) is 15.8. The van der Waals surface area contributed by atoms with Gasteiger partial charge in [-0.2, -0.15) is 0 Å². The summed E-state index contributed by atoms with van der Waals surface area (Å²) >= 11 is 0. The Labute approximate surface area is 132 Å². The zero-order chi connectivity index (χ0) is 14.8. The van der Waals surface area contributed by atoms with Gasteiger partial charge in [0, 0.05) is 0 Å². The summed E-state index contributed by atoms with van der Waals surface area (Å²) in [6.07, 6.45) is 1.57. The molecule has 0 aromatic heterocycles. The van der Waals surface area contributed by atoms with E-state index in [0.29, 0.717) is 13.2 Å². The Bertz CT molecular complexity index is 476. The van der Waals surface area contributed by atoms with E-state index in [9.17, 15) is 4.79 Å². The summed E-state index contributed by atoms with van der Waals surface area (Å²) in [5, 5.41) is 2.80. The Morgan fingerprint density at radius 3 is 2.33 bits per heavy atom. The fourth-order valence-corrected chi connectivity index (χ4v) is 1.92. The molecule has 4 nitrogen and oxygen atoms in total. The van der Waals surface area contributed by atoms with Crippen LogP contribution in [0.2, 0.25) is 0 Å². The molecule has 21 heavy (non-hydrogen) atoms. The fraction of sp³-hybridized carbons (Fsp3) is 0.562. The molecule has 1 aliphatic carbocycles. The van der Waals surface area contributed by atoms with E-state index in [0.717, 1.165) is 18.6 Å². The molecular weight excluding hydrogens is 288 g/mol. The van der Waals surface area contributed by atoms with E-state index < -0.39 is 5.54 Å². The van der Waals surface area contributed by atoms with Gasteiger partial charge < -0.3 is 15.8 Å². The van der Waals surface area contributed by atoms with Crippen LogP contribution < -0.4 is 15.8 Å². The van der Waals surface area contributed by atoms with Crippen molar-refractivity contribution >= 4 is 18.3 Å². The Morgan fingerprint density at radius 2 is 1.86 bits per heavy atom. The predicted molar refractivity (Wildman–Crippen MR) is 87.0 cm³/mol. The summed E-state index contributed by atoms with van der Waals surface area (Å²) in [5.41, 5.74) is 6.61. The number of benzene rings is 1. The molecule has 1 amide bonds. The maximum Gasteiger partial charge on any atom is 0.240 e. The van der Waals surface area contributed by atoms with Crippen LogP contribution in [0.1, 0.15) is 39.2 Å². The summed E-state index contributed by atoms with van der Waals surface area (Å²) in [6, 6.07) is 8.08. The van der Waals surface area contributed by atoms with Gasteiger partial charge in [0.05, 0.1) is 12.1 Å². The third kappa shape index (κ3) is 4.90. The molecule has 1 aliphatic rings. The van der Waals surface area contributed by atoms with E-state index in [-0.39, 0.29) is 23.7 Å². The molecule has 1 aromatic carbocycles. The SMILES string of the molecule is CC(C)(C)c1ccc(OCCNC(=O)C2(N)CC2)cc1.Cl. The van der Waals surface area contributed by atoms with E-state index in [4.69, 9.17) is 10.5 Å². The van der Waals surface area contributed by atoms with Crippen LogP contribution in [0.25, 0.3) is 0 Å². The van der Waals surface area contributed by atoms with Gasteiger partial charge in [-0.05, 0) is 36.0 Å². The minimum absolute atomic E-state index is 0. The van der Waals surface area contributed by atoms with E-state index >= 15 is 0 Å². The number of hydrogen-bond donors (Lipinski definition) is 2. The topological polar surface area (TPSA) is 64.3 Å². The molecule has 118 valence electrons. The molecule has 0 heterocycles. The quantitative estimate of drug-likeness (QED) is 0.821. The second kappa shape index (κ2) is 6.67. The Balaban J connectivity index is 0.00000220. The van der Waals surface area contributed by atoms with E-state index in [2.05, 4.69) is 38.2 Å². The summed E-state index contributed by atoms with van der Waals surface area (Å²) in [4.78, 5) is 11.6. The molecule has 0 aliphatic heterocycles. The Kier molecular flexibility index (Phi) is 5.65. The minimum atomic E-state index is -0.603. The van der Waals surface area contributed by atoms with Crippen molar-refractivity contribution in [2.24, 2.45) is 5.73 Å². The van der Waals surface area contributed by atoms with E-state index in [1.807, 2.05) is 12.1 Å². The average Bonchev–Trinajstić information content (AvgIpc) is 3.13. The van der Waals surface area contributed by atoms with Crippen LogP contribution in [0.3, 0.4) is 0 Å². The second-order valence-corrected chi connectivity index (χ2v) is 6.53.